The monoisotopic (exact) mass is 284 g/mol. The lowest BCUT2D eigenvalue weighted by atomic mass is 9.98. The first-order valence-corrected chi connectivity index (χ1v) is 6.72. The molecule has 0 aliphatic carbocycles. The van der Waals surface area contributed by atoms with E-state index in [-0.39, 0.29) is 28.4 Å². The van der Waals surface area contributed by atoms with Gasteiger partial charge in [0.05, 0.1) is 6.10 Å². The van der Waals surface area contributed by atoms with Gasteiger partial charge in [0.15, 0.2) is 11.4 Å². The molecule has 19 heavy (non-hydrogen) atoms. The number of rotatable bonds is 6. The molecule has 0 heterocycles. The molecule has 1 aromatic rings. The summed E-state index contributed by atoms with van der Waals surface area (Å²) in [5.41, 5.74) is 0.388. The lowest BCUT2D eigenvalue weighted by molar-refractivity contribution is -0.109. The summed E-state index contributed by atoms with van der Waals surface area (Å²) < 4.78 is 0. The van der Waals surface area contributed by atoms with Gasteiger partial charge in [0.25, 0.3) is 0 Å². The number of carbonyl (C=O) groups is 2. The topological polar surface area (TPSA) is 94.8 Å². The summed E-state index contributed by atoms with van der Waals surface area (Å²) in [5.74, 6) is 0.307. The number of carbonyl (C=O) groups excluding carboxylic acids is 2. The standard InChI is InChI=1S/C13H16O5S/c1-8(15)19-5-4-12(17)13(18)11-3-2-10(16)6-9(11)7-14/h2-3,6-7,12-13,16-18H,4-5H2,1H3. The summed E-state index contributed by atoms with van der Waals surface area (Å²) in [6.45, 7) is 1.43. The molecule has 1 rings (SSSR count). The van der Waals surface area contributed by atoms with E-state index in [1.807, 2.05) is 0 Å². The first-order chi connectivity index (χ1) is 8.95. The Labute approximate surface area is 115 Å². The molecule has 1 aromatic carbocycles. The highest BCUT2D eigenvalue weighted by atomic mass is 32.2. The molecule has 0 saturated carbocycles. The molecule has 0 saturated heterocycles. The second kappa shape index (κ2) is 7.28. The van der Waals surface area contributed by atoms with Crippen molar-refractivity contribution >= 4 is 23.2 Å². The molecule has 5 nitrogen and oxygen atoms in total. The van der Waals surface area contributed by atoms with E-state index in [4.69, 9.17) is 0 Å². The summed E-state index contributed by atoms with van der Waals surface area (Å²) in [5, 5.41) is 29.0. The number of aldehydes is 1. The number of aliphatic hydroxyl groups excluding tert-OH is 2. The lowest BCUT2D eigenvalue weighted by Crippen LogP contribution is -2.20. The van der Waals surface area contributed by atoms with Crippen LogP contribution in [0.3, 0.4) is 0 Å². The van der Waals surface area contributed by atoms with Crippen molar-refractivity contribution in [2.24, 2.45) is 0 Å². The van der Waals surface area contributed by atoms with Crippen LogP contribution >= 0.6 is 11.8 Å². The van der Waals surface area contributed by atoms with Gasteiger partial charge in [-0.15, -0.1) is 0 Å². The van der Waals surface area contributed by atoms with Crippen molar-refractivity contribution in [2.75, 3.05) is 5.75 Å². The molecule has 0 amide bonds. The second-order valence-corrected chi connectivity index (χ2v) is 5.34. The van der Waals surface area contributed by atoms with Crippen LogP contribution in [0.15, 0.2) is 18.2 Å². The minimum Gasteiger partial charge on any atom is -0.508 e. The summed E-state index contributed by atoms with van der Waals surface area (Å²) >= 11 is 1.07. The minimum absolute atomic E-state index is 0.0556. The summed E-state index contributed by atoms with van der Waals surface area (Å²) in [7, 11) is 0. The van der Waals surface area contributed by atoms with Crippen LogP contribution in [0.2, 0.25) is 0 Å². The van der Waals surface area contributed by atoms with Crippen molar-refractivity contribution in [1.82, 2.24) is 0 Å². The molecular formula is C13H16O5S. The maximum atomic E-state index is 10.9. The van der Waals surface area contributed by atoms with Gasteiger partial charge in [-0.1, -0.05) is 17.8 Å². The largest absolute Gasteiger partial charge is 0.508 e. The smallest absolute Gasteiger partial charge is 0.185 e. The molecule has 0 fully saturated rings. The van der Waals surface area contributed by atoms with E-state index in [1.54, 1.807) is 0 Å². The molecule has 0 aliphatic heterocycles. The number of aromatic hydroxyl groups is 1. The average Bonchev–Trinajstić information content (AvgIpc) is 2.37. The molecule has 2 unspecified atom stereocenters. The van der Waals surface area contributed by atoms with Crippen molar-refractivity contribution in [2.45, 2.75) is 25.6 Å². The Balaban J connectivity index is 2.73. The number of hydrogen-bond acceptors (Lipinski definition) is 6. The van der Waals surface area contributed by atoms with Gasteiger partial charge in [0.1, 0.15) is 11.9 Å². The third kappa shape index (κ3) is 4.66. The van der Waals surface area contributed by atoms with Crippen LogP contribution in [0.4, 0.5) is 0 Å². The van der Waals surface area contributed by atoms with Crippen molar-refractivity contribution in [3.63, 3.8) is 0 Å². The molecule has 0 aromatic heterocycles. The first kappa shape index (κ1) is 15.7. The predicted octanol–water partition coefficient (Wildman–Crippen LogP) is 1.27. The highest BCUT2D eigenvalue weighted by Gasteiger charge is 2.21. The van der Waals surface area contributed by atoms with E-state index < -0.39 is 12.2 Å². The second-order valence-electron chi connectivity index (χ2n) is 4.07. The Morgan fingerprint density at radius 2 is 2.11 bits per heavy atom. The number of benzene rings is 1. The molecular weight excluding hydrogens is 268 g/mol. The molecule has 0 radical (unpaired) electrons. The van der Waals surface area contributed by atoms with Gasteiger partial charge in [-0.3, -0.25) is 9.59 Å². The van der Waals surface area contributed by atoms with Crippen molar-refractivity contribution in [1.29, 1.82) is 0 Å². The summed E-state index contributed by atoms with van der Waals surface area (Å²) in [6, 6.07) is 3.95. The van der Waals surface area contributed by atoms with Crippen molar-refractivity contribution < 1.29 is 24.9 Å². The molecule has 0 bridgehead atoms. The Kier molecular flexibility index (Phi) is 6.01. The SMILES string of the molecule is CC(=O)SCCC(O)C(O)c1ccc(O)cc1C=O. The number of phenolic OH excluding ortho intramolecular Hbond substituents is 1. The van der Waals surface area contributed by atoms with Crippen LogP contribution in [0.5, 0.6) is 5.75 Å². The van der Waals surface area contributed by atoms with Gasteiger partial charge in [-0.25, -0.2) is 0 Å². The molecule has 2 atom stereocenters. The predicted molar refractivity (Wildman–Crippen MR) is 72.2 cm³/mol. The molecule has 0 aliphatic rings. The van der Waals surface area contributed by atoms with E-state index in [9.17, 15) is 24.9 Å². The first-order valence-electron chi connectivity index (χ1n) is 5.73. The number of phenols is 1. The van der Waals surface area contributed by atoms with E-state index >= 15 is 0 Å². The minimum atomic E-state index is -1.23. The van der Waals surface area contributed by atoms with Crippen LogP contribution in [0.1, 0.15) is 35.4 Å². The van der Waals surface area contributed by atoms with Gasteiger partial charge in [0.2, 0.25) is 0 Å². The quantitative estimate of drug-likeness (QED) is 0.681. The van der Waals surface area contributed by atoms with Crippen LogP contribution in [-0.2, 0) is 4.79 Å². The van der Waals surface area contributed by atoms with Gasteiger partial charge < -0.3 is 15.3 Å². The highest BCUT2D eigenvalue weighted by Crippen LogP contribution is 2.25. The fourth-order valence-electron chi connectivity index (χ4n) is 1.62. The molecule has 6 heteroatoms. The van der Waals surface area contributed by atoms with Gasteiger partial charge in [-0.05, 0) is 24.1 Å². The molecule has 104 valence electrons. The fraction of sp³-hybridized carbons (Fsp3) is 0.385. The summed E-state index contributed by atoms with van der Waals surface area (Å²) in [4.78, 5) is 21.6. The number of aliphatic hydroxyl groups is 2. The maximum absolute atomic E-state index is 10.9. The third-order valence-electron chi connectivity index (χ3n) is 2.60. The van der Waals surface area contributed by atoms with Gasteiger partial charge in [0, 0.05) is 18.2 Å². The number of hydrogen-bond donors (Lipinski definition) is 3. The summed E-state index contributed by atoms with van der Waals surface area (Å²) in [6.07, 6.45) is -1.57. The van der Waals surface area contributed by atoms with Crippen LogP contribution in [0.25, 0.3) is 0 Å². The number of thioether (sulfide) groups is 1. The van der Waals surface area contributed by atoms with Crippen molar-refractivity contribution in [3.8, 4) is 5.75 Å². The van der Waals surface area contributed by atoms with E-state index in [2.05, 4.69) is 0 Å². The third-order valence-corrected chi connectivity index (χ3v) is 3.45. The normalized spacial score (nSPS) is 13.8. The Morgan fingerprint density at radius 1 is 1.42 bits per heavy atom. The highest BCUT2D eigenvalue weighted by molar-refractivity contribution is 8.13. The van der Waals surface area contributed by atoms with Crippen LogP contribution in [0, 0.1) is 0 Å². The fourth-order valence-corrected chi connectivity index (χ4v) is 2.27. The van der Waals surface area contributed by atoms with E-state index in [0.29, 0.717) is 12.0 Å². The van der Waals surface area contributed by atoms with Crippen molar-refractivity contribution in [3.05, 3.63) is 29.3 Å². The zero-order valence-electron chi connectivity index (χ0n) is 10.4. The van der Waals surface area contributed by atoms with E-state index in [1.165, 1.54) is 25.1 Å². The maximum Gasteiger partial charge on any atom is 0.185 e. The van der Waals surface area contributed by atoms with Crippen LogP contribution < -0.4 is 0 Å². The van der Waals surface area contributed by atoms with Crippen LogP contribution in [-0.4, -0.2) is 38.6 Å². The Bertz CT molecular complexity index is 460. The zero-order valence-corrected chi connectivity index (χ0v) is 11.3. The van der Waals surface area contributed by atoms with E-state index in [0.717, 1.165) is 11.8 Å². The lowest BCUT2D eigenvalue weighted by Gasteiger charge is -2.19. The zero-order chi connectivity index (χ0) is 14.4. The Morgan fingerprint density at radius 3 is 2.68 bits per heavy atom. The average molecular weight is 284 g/mol. The molecule has 0 spiro atoms. The Hall–Kier alpha value is -1.37. The van der Waals surface area contributed by atoms with Gasteiger partial charge in [-0.2, -0.15) is 0 Å². The van der Waals surface area contributed by atoms with Gasteiger partial charge >= 0.3 is 0 Å². The molecule has 3 N–H and O–H groups in total.